The van der Waals surface area contributed by atoms with Crippen molar-refractivity contribution in [2.45, 2.75) is 39.7 Å². The van der Waals surface area contributed by atoms with E-state index in [1.54, 1.807) is 6.07 Å². The van der Waals surface area contributed by atoms with Gasteiger partial charge in [-0.2, -0.15) is 0 Å². The van der Waals surface area contributed by atoms with Crippen LogP contribution in [0.1, 0.15) is 55.6 Å². The molecule has 1 aliphatic rings. The highest BCUT2D eigenvalue weighted by Crippen LogP contribution is 2.33. The Labute approximate surface area is 155 Å². The molecule has 0 saturated carbocycles. The molecule has 1 fully saturated rings. The zero-order valence-corrected chi connectivity index (χ0v) is 15.7. The maximum absolute atomic E-state index is 13.1. The average molecular weight is 350 g/mol. The van der Waals surface area contributed by atoms with E-state index in [2.05, 4.69) is 17.4 Å². The maximum Gasteiger partial charge on any atom is 0.254 e. The van der Waals surface area contributed by atoms with Crippen molar-refractivity contribution in [1.82, 2.24) is 4.90 Å². The summed E-state index contributed by atoms with van der Waals surface area (Å²) in [6.07, 6.45) is 1.99. The molecule has 1 unspecified atom stereocenters. The zero-order valence-electron chi connectivity index (χ0n) is 15.7. The van der Waals surface area contributed by atoms with E-state index in [0.717, 1.165) is 19.4 Å². The van der Waals surface area contributed by atoms with Crippen LogP contribution in [0.4, 0.5) is 5.69 Å². The second kappa shape index (κ2) is 7.32. The molecule has 0 spiro atoms. The summed E-state index contributed by atoms with van der Waals surface area (Å²) in [5, 5.41) is 2.90. The van der Waals surface area contributed by atoms with Gasteiger partial charge in [0, 0.05) is 23.2 Å². The fourth-order valence-electron chi connectivity index (χ4n) is 3.25. The van der Waals surface area contributed by atoms with Crippen LogP contribution < -0.4 is 5.32 Å². The van der Waals surface area contributed by atoms with Gasteiger partial charge in [0.25, 0.3) is 5.91 Å². The Kier molecular flexibility index (Phi) is 5.12. The summed E-state index contributed by atoms with van der Waals surface area (Å²) in [7, 11) is 0. The minimum Gasteiger partial charge on any atom is -0.332 e. The number of rotatable bonds is 3. The molecule has 3 rings (SSSR count). The molecule has 1 atom stereocenters. The van der Waals surface area contributed by atoms with Crippen molar-refractivity contribution in [3.8, 4) is 0 Å². The van der Waals surface area contributed by atoms with Crippen molar-refractivity contribution in [3.05, 3.63) is 65.7 Å². The molecular weight excluding hydrogens is 324 g/mol. The highest BCUT2D eigenvalue weighted by molar-refractivity contribution is 5.98. The highest BCUT2D eigenvalue weighted by Gasteiger charge is 2.30. The third-order valence-corrected chi connectivity index (χ3v) is 4.75. The summed E-state index contributed by atoms with van der Waals surface area (Å²) in [6, 6.07) is 17.5. The van der Waals surface area contributed by atoms with Gasteiger partial charge in [-0.05, 0) is 36.6 Å². The average Bonchev–Trinajstić information content (AvgIpc) is 3.11. The Hall–Kier alpha value is -2.62. The van der Waals surface area contributed by atoms with Gasteiger partial charge in [-0.3, -0.25) is 9.59 Å². The van der Waals surface area contributed by atoms with Gasteiger partial charge in [0.15, 0.2) is 0 Å². The first-order valence-corrected chi connectivity index (χ1v) is 9.14. The topological polar surface area (TPSA) is 49.4 Å². The fraction of sp³-hybridized carbons (Fsp3) is 0.364. The Morgan fingerprint density at radius 3 is 2.46 bits per heavy atom. The number of nitrogens with zero attached hydrogens (tertiary/aromatic N) is 1. The second-order valence-corrected chi connectivity index (χ2v) is 7.85. The van der Waals surface area contributed by atoms with E-state index in [-0.39, 0.29) is 17.9 Å². The molecule has 2 amide bonds. The lowest BCUT2D eigenvalue weighted by Gasteiger charge is -2.25. The Bertz CT molecular complexity index is 793. The zero-order chi connectivity index (χ0) is 18.7. The van der Waals surface area contributed by atoms with Crippen LogP contribution in [0.15, 0.2) is 54.6 Å². The van der Waals surface area contributed by atoms with Gasteiger partial charge in [-0.15, -0.1) is 0 Å². The lowest BCUT2D eigenvalue weighted by molar-refractivity contribution is -0.123. The molecule has 1 heterocycles. The van der Waals surface area contributed by atoms with Gasteiger partial charge in [0.05, 0.1) is 6.04 Å². The van der Waals surface area contributed by atoms with Crippen LogP contribution in [-0.4, -0.2) is 23.3 Å². The summed E-state index contributed by atoms with van der Waals surface area (Å²) in [5.41, 5.74) is 1.97. The largest absolute Gasteiger partial charge is 0.332 e. The first-order chi connectivity index (χ1) is 12.4. The van der Waals surface area contributed by atoms with E-state index in [1.165, 1.54) is 5.56 Å². The van der Waals surface area contributed by atoms with E-state index >= 15 is 0 Å². The summed E-state index contributed by atoms with van der Waals surface area (Å²) in [6.45, 7) is 6.36. The Morgan fingerprint density at radius 1 is 1.04 bits per heavy atom. The van der Waals surface area contributed by atoms with Gasteiger partial charge in [0.2, 0.25) is 5.91 Å². The molecule has 0 radical (unpaired) electrons. The minimum atomic E-state index is -0.479. The molecule has 1 saturated heterocycles. The number of nitrogens with one attached hydrogen (secondary N) is 1. The van der Waals surface area contributed by atoms with E-state index in [9.17, 15) is 9.59 Å². The lowest BCUT2D eigenvalue weighted by atomic mass is 9.95. The standard InChI is InChI=1S/C22H26N2O2/c1-22(2,3)21(26)23-18-12-7-11-17(15-18)20(25)24-14-8-13-19(24)16-9-5-4-6-10-16/h4-7,9-12,15,19H,8,13-14H2,1-3H3,(H,23,26). The molecule has 1 aliphatic heterocycles. The smallest absolute Gasteiger partial charge is 0.254 e. The SMILES string of the molecule is CC(C)(C)C(=O)Nc1cccc(C(=O)N2CCCC2c2ccccc2)c1. The number of carbonyl (C=O) groups is 2. The number of amides is 2. The van der Waals surface area contributed by atoms with Crippen molar-refractivity contribution in [1.29, 1.82) is 0 Å². The van der Waals surface area contributed by atoms with Gasteiger partial charge in [-0.25, -0.2) is 0 Å². The van der Waals surface area contributed by atoms with E-state index in [4.69, 9.17) is 0 Å². The molecular formula is C22H26N2O2. The lowest BCUT2D eigenvalue weighted by Crippen LogP contribution is -2.31. The van der Waals surface area contributed by atoms with Gasteiger partial charge in [-0.1, -0.05) is 57.2 Å². The quantitative estimate of drug-likeness (QED) is 0.876. The third kappa shape index (κ3) is 3.96. The van der Waals surface area contributed by atoms with Gasteiger partial charge in [0.1, 0.15) is 0 Å². The molecule has 2 aromatic rings. The number of hydrogen-bond donors (Lipinski definition) is 1. The predicted molar refractivity (Wildman–Crippen MR) is 104 cm³/mol. The second-order valence-electron chi connectivity index (χ2n) is 7.85. The first-order valence-electron chi connectivity index (χ1n) is 9.14. The van der Waals surface area contributed by atoms with Crippen LogP contribution in [0.5, 0.6) is 0 Å². The number of benzene rings is 2. The minimum absolute atomic E-state index is 0.0169. The number of likely N-dealkylation sites (tertiary alicyclic amines) is 1. The van der Waals surface area contributed by atoms with Gasteiger partial charge >= 0.3 is 0 Å². The molecule has 136 valence electrons. The summed E-state index contributed by atoms with van der Waals surface area (Å²) in [4.78, 5) is 27.2. The predicted octanol–water partition coefficient (Wildman–Crippen LogP) is 4.65. The van der Waals surface area contributed by atoms with Crippen molar-refractivity contribution in [2.24, 2.45) is 5.41 Å². The summed E-state index contributed by atoms with van der Waals surface area (Å²) < 4.78 is 0. The van der Waals surface area contributed by atoms with Gasteiger partial charge < -0.3 is 10.2 Å². The van der Waals surface area contributed by atoms with Crippen LogP contribution in [-0.2, 0) is 4.79 Å². The van der Waals surface area contributed by atoms with Crippen molar-refractivity contribution in [3.63, 3.8) is 0 Å². The number of anilines is 1. The van der Waals surface area contributed by atoms with Crippen molar-refractivity contribution in [2.75, 3.05) is 11.9 Å². The molecule has 4 nitrogen and oxygen atoms in total. The Morgan fingerprint density at radius 2 is 1.77 bits per heavy atom. The molecule has 1 N–H and O–H groups in total. The molecule has 0 aliphatic carbocycles. The summed E-state index contributed by atoms with van der Waals surface area (Å²) in [5.74, 6) is -0.0476. The first kappa shape index (κ1) is 18.2. The number of carbonyl (C=O) groups excluding carboxylic acids is 2. The van der Waals surface area contributed by atoms with Crippen LogP contribution in [0.2, 0.25) is 0 Å². The molecule has 4 heteroatoms. The van der Waals surface area contributed by atoms with Crippen LogP contribution in [0, 0.1) is 5.41 Å². The fourth-order valence-corrected chi connectivity index (χ4v) is 3.25. The van der Waals surface area contributed by atoms with E-state index < -0.39 is 5.41 Å². The normalized spacial score (nSPS) is 17.2. The maximum atomic E-state index is 13.1. The molecule has 0 aromatic heterocycles. The molecule has 26 heavy (non-hydrogen) atoms. The van der Waals surface area contributed by atoms with Crippen LogP contribution in [0.25, 0.3) is 0 Å². The van der Waals surface area contributed by atoms with E-state index in [1.807, 2.05) is 62.1 Å². The summed E-state index contributed by atoms with van der Waals surface area (Å²) >= 11 is 0. The molecule has 2 aromatic carbocycles. The highest BCUT2D eigenvalue weighted by atomic mass is 16.2. The van der Waals surface area contributed by atoms with Crippen molar-refractivity contribution < 1.29 is 9.59 Å². The van der Waals surface area contributed by atoms with Crippen LogP contribution >= 0.6 is 0 Å². The van der Waals surface area contributed by atoms with E-state index in [0.29, 0.717) is 11.3 Å². The Balaban J connectivity index is 1.79. The molecule has 0 bridgehead atoms. The van der Waals surface area contributed by atoms with Crippen LogP contribution in [0.3, 0.4) is 0 Å². The van der Waals surface area contributed by atoms with Crippen molar-refractivity contribution >= 4 is 17.5 Å². The monoisotopic (exact) mass is 350 g/mol. The third-order valence-electron chi connectivity index (χ3n) is 4.75. The number of hydrogen-bond acceptors (Lipinski definition) is 2.